The van der Waals surface area contributed by atoms with Crippen molar-refractivity contribution in [3.63, 3.8) is 0 Å². The lowest BCUT2D eigenvalue weighted by Crippen LogP contribution is -2.33. The molecule has 3 heterocycles. The molecule has 3 rings (SSSR count). The molecule has 0 aromatic carbocycles. The number of hydrogen-bond acceptors (Lipinski definition) is 6. The zero-order valence-corrected chi connectivity index (χ0v) is 10.5. The van der Waals surface area contributed by atoms with Crippen LogP contribution in [0.4, 0.5) is 11.8 Å². The molecule has 0 aliphatic carbocycles. The van der Waals surface area contributed by atoms with Crippen LogP contribution < -0.4 is 16.0 Å². The van der Waals surface area contributed by atoms with E-state index in [1.54, 1.807) is 0 Å². The van der Waals surface area contributed by atoms with E-state index in [0.29, 0.717) is 13.1 Å². The summed E-state index contributed by atoms with van der Waals surface area (Å²) in [6.45, 7) is 1.82. The minimum atomic E-state index is 0.0214. The van der Waals surface area contributed by atoms with Crippen molar-refractivity contribution in [2.24, 2.45) is 0 Å². The average Bonchev–Trinajstić information content (AvgIpc) is 2.69. The molecule has 1 aliphatic rings. The molecule has 3 N–H and O–H groups in total. The van der Waals surface area contributed by atoms with Crippen LogP contribution >= 0.6 is 11.3 Å². The number of carbonyl (C=O) groups excluding carboxylic acids is 1. The molecule has 2 aromatic heterocycles. The highest BCUT2D eigenvalue weighted by Gasteiger charge is 2.19. The molecular formula is C11H13N5OS. The number of anilines is 2. The van der Waals surface area contributed by atoms with E-state index in [9.17, 15) is 4.79 Å². The Labute approximate surface area is 108 Å². The molecule has 0 radical (unpaired) electrons. The summed E-state index contributed by atoms with van der Waals surface area (Å²) in [6, 6.07) is 1.97. The quantitative estimate of drug-likeness (QED) is 0.787. The van der Waals surface area contributed by atoms with Gasteiger partial charge in [0.25, 0.3) is 0 Å². The van der Waals surface area contributed by atoms with Gasteiger partial charge in [0.2, 0.25) is 11.9 Å². The fourth-order valence-corrected chi connectivity index (χ4v) is 2.85. The third-order valence-corrected chi connectivity index (χ3v) is 3.69. The van der Waals surface area contributed by atoms with Gasteiger partial charge in [0, 0.05) is 13.1 Å². The number of hydrogen-bond donors (Lipinski definition) is 2. The number of carbonyl (C=O) groups is 1. The van der Waals surface area contributed by atoms with Gasteiger partial charge in [0.15, 0.2) is 0 Å². The largest absolute Gasteiger partial charge is 0.368 e. The second kappa shape index (κ2) is 4.41. The first kappa shape index (κ1) is 11.2. The summed E-state index contributed by atoms with van der Waals surface area (Å²) >= 11 is 1.53. The Hall–Kier alpha value is -1.89. The van der Waals surface area contributed by atoms with Crippen LogP contribution in [0.2, 0.25) is 0 Å². The molecule has 1 amide bonds. The van der Waals surface area contributed by atoms with E-state index < -0.39 is 0 Å². The number of thiophene rings is 1. The van der Waals surface area contributed by atoms with Gasteiger partial charge in [-0.15, -0.1) is 11.3 Å². The monoisotopic (exact) mass is 263 g/mol. The van der Waals surface area contributed by atoms with E-state index in [1.165, 1.54) is 11.3 Å². The molecule has 0 atom stereocenters. The normalized spacial score (nSPS) is 16.7. The molecular weight excluding hydrogens is 250 g/mol. The SMILES string of the molecule is Nc1nc(N2CCCNC(=O)C2)c2ccsc2n1. The maximum Gasteiger partial charge on any atom is 0.239 e. The van der Waals surface area contributed by atoms with E-state index in [2.05, 4.69) is 15.3 Å². The lowest BCUT2D eigenvalue weighted by molar-refractivity contribution is -0.119. The van der Waals surface area contributed by atoms with Crippen molar-refractivity contribution >= 4 is 39.2 Å². The number of amides is 1. The summed E-state index contributed by atoms with van der Waals surface area (Å²) in [6.07, 6.45) is 0.904. The fourth-order valence-electron chi connectivity index (χ4n) is 2.08. The first-order valence-corrected chi connectivity index (χ1v) is 6.64. The molecule has 1 saturated heterocycles. The number of nitrogens with one attached hydrogen (secondary N) is 1. The Morgan fingerprint density at radius 2 is 2.33 bits per heavy atom. The molecule has 94 valence electrons. The minimum Gasteiger partial charge on any atom is -0.368 e. The Bertz CT molecular complexity index is 596. The predicted octanol–water partition coefficient (Wildman–Crippen LogP) is 0.600. The Morgan fingerprint density at radius 1 is 1.44 bits per heavy atom. The highest BCUT2D eigenvalue weighted by Crippen LogP contribution is 2.28. The van der Waals surface area contributed by atoms with Crippen LogP contribution in [-0.4, -0.2) is 35.5 Å². The third kappa shape index (κ3) is 1.97. The molecule has 0 unspecified atom stereocenters. The summed E-state index contributed by atoms with van der Waals surface area (Å²) in [5, 5.41) is 5.77. The highest BCUT2D eigenvalue weighted by molar-refractivity contribution is 7.16. The third-order valence-electron chi connectivity index (χ3n) is 2.88. The number of fused-ring (bicyclic) bond motifs is 1. The molecule has 0 spiro atoms. The lowest BCUT2D eigenvalue weighted by Gasteiger charge is -2.20. The first-order valence-electron chi connectivity index (χ1n) is 5.76. The standard InChI is InChI=1S/C11H13N5OS/c12-11-14-9(7-2-5-18-10(7)15-11)16-4-1-3-13-8(17)6-16/h2,5H,1,3-4,6H2,(H,13,17)(H2,12,14,15). The van der Waals surface area contributed by atoms with Crippen molar-refractivity contribution in [3.8, 4) is 0 Å². The van der Waals surface area contributed by atoms with E-state index in [1.807, 2.05) is 16.3 Å². The molecule has 6 nitrogen and oxygen atoms in total. The second-order valence-electron chi connectivity index (χ2n) is 4.17. The van der Waals surface area contributed by atoms with Gasteiger partial charge in [-0.2, -0.15) is 4.98 Å². The van der Waals surface area contributed by atoms with E-state index >= 15 is 0 Å². The lowest BCUT2D eigenvalue weighted by atomic mass is 10.3. The van der Waals surface area contributed by atoms with Crippen LogP contribution in [0.5, 0.6) is 0 Å². The number of nitrogens with zero attached hydrogens (tertiary/aromatic N) is 3. The number of nitrogens with two attached hydrogens (primary N) is 1. The van der Waals surface area contributed by atoms with Crippen molar-refractivity contribution in [1.82, 2.24) is 15.3 Å². The highest BCUT2D eigenvalue weighted by atomic mass is 32.1. The van der Waals surface area contributed by atoms with Gasteiger partial charge in [-0.25, -0.2) is 4.98 Å². The van der Waals surface area contributed by atoms with Crippen molar-refractivity contribution in [2.45, 2.75) is 6.42 Å². The van der Waals surface area contributed by atoms with Crippen LogP contribution in [0.15, 0.2) is 11.4 Å². The molecule has 0 saturated carbocycles. The topological polar surface area (TPSA) is 84.1 Å². The van der Waals surface area contributed by atoms with Crippen molar-refractivity contribution in [2.75, 3.05) is 30.3 Å². The van der Waals surface area contributed by atoms with E-state index in [4.69, 9.17) is 5.73 Å². The second-order valence-corrected chi connectivity index (χ2v) is 5.06. The summed E-state index contributed by atoms with van der Waals surface area (Å²) in [5.74, 6) is 1.04. The molecule has 1 fully saturated rings. The van der Waals surface area contributed by atoms with Gasteiger partial charge < -0.3 is 16.0 Å². The summed E-state index contributed by atoms with van der Waals surface area (Å²) in [7, 11) is 0. The molecule has 18 heavy (non-hydrogen) atoms. The summed E-state index contributed by atoms with van der Waals surface area (Å²) < 4.78 is 0. The number of rotatable bonds is 1. The van der Waals surface area contributed by atoms with Crippen LogP contribution in [0.1, 0.15) is 6.42 Å². The van der Waals surface area contributed by atoms with Crippen molar-refractivity contribution in [3.05, 3.63) is 11.4 Å². The van der Waals surface area contributed by atoms with Crippen LogP contribution in [0.25, 0.3) is 10.2 Å². The van der Waals surface area contributed by atoms with Crippen LogP contribution in [0.3, 0.4) is 0 Å². The predicted molar refractivity (Wildman–Crippen MR) is 71.7 cm³/mol. The van der Waals surface area contributed by atoms with Crippen molar-refractivity contribution in [1.29, 1.82) is 0 Å². The maximum atomic E-state index is 11.6. The van der Waals surface area contributed by atoms with E-state index in [0.717, 1.165) is 29.0 Å². The Kier molecular flexibility index (Phi) is 2.75. The summed E-state index contributed by atoms with van der Waals surface area (Å²) in [4.78, 5) is 22.9. The zero-order valence-electron chi connectivity index (χ0n) is 9.72. The minimum absolute atomic E-state index is 0.0214. The van der Waals surface area contributed by atoms with Gasteiger partial charge in [-0.05, 0) is 17.9 Å². The van der Waals surface area contributed by atoms with Crippen molar-refractivity contribution < 1.29 is 4.79 Å². The van der Waals surface area contributed by atoms with Gasteiger partial charge in [-0.1, -0.05) is 0 Å². The average molecular weight is 263 g/mol. The van der Waals surface area contributed by atoms with E-state index in [-0.39, 0.29) is 11.9 Å². The number of aromatic nitrogens is 2. The van der Waals surface area contributed by atoms with Gasteiger partial charge in [0.1, 0.15) is 10.6 Å². The Morgan fingerprint density at radius 3 is 3.22 bits per heavy atom. The first-order chi connectivity index (χ1) is 8.74. The fraction of sp³-hybridized carbons (Fsp3) is 0.364. The maximum absolute atomic E-state index is 11.6. The summed E-state index contributed by atoms with van der Waals surface area (Å²) in [5.41, 5.74) is 5.72. The van der Waals surface area contributed by atoms with Gasteiger partial charge >= 0.3 is 0 Å². The van der Waals surface area contributed by atoms with Gasteiger partial charge in [-0.3, -0.25) is 4.79 Å². The molecule has 0 bridgehead atoms. The molecule has 2 aromatic rings. The molecule has 7 heteroatoms. The Balaban J connectivity index is 2.06. The smallest absolute Gasteiger partial charge is 0.239 e. The number of nitrogen functional groups attached to an aromatic ring is 1. The van der Waals surface area contributed by atoms with Crippen LogP contribution in [-0.2, 0) is 4.79 Å². The molecule has 1 aliphatic heterocycles. The zero-order chi connectivity index (χ0) is 12.5. The van der Waals surface area contributed by atoms with Gasteiger partial charge in [0.05, 0.1) is 11.9 Å². The van der Waals surface area contributed by atoms with Crippen LogP contribution in [0, 0.1) is 0 Å².